The van der Waals surface area contributed by atoms with Crippen LogP contribution in [0.2, 0.25) is 0 Å². The van der Waals surface area contributed by atoms with E-state index in [1.807, 2.05) is 18.2 Å². The second-order valence-corrected chi connectivity index (χ2v) is 4.80. The Hall–Kier alpha value is -1.35. The number of hydrogen-bond donors (Lipinski definition) is 1. The van der Waals surface area contributed by atoms with E-state index < -0.39 is 0 Å². The lowest BCUT2D eigenvalue weighted by Gasteiger charge is -2.15. The molecule has 0 aliphatic heterocycles. The molecule has 1 aliphatic rings. The molecular weight excluding hydrogens is 228 g/mol. The third-order valence-corrected chi connectivity index (χ3v) is 3.63. The molecule has 0 heterocycles. The Labute approximate surface area is 108 Å². The maximum Gasteiger partial charge on any atom is 0.140 e. The Bertz CT molecular complexity index is 426. The molecule has 1 aliphatic carbocycles. The molecule has 3 heteroatoms. The zero-order valence-corrected chi connectivity index (χ0v) is 10.8. The van der Waals surface area contributed by atoms with Gasteiger partial charge in [0.25, 0.3) is 0 Å². The van der Waals surface area contributed by atoms with Crippen molar-refractivity contribution in [2.24, 2.45) is 0 Å². The van der Waals surface area contributed by atoms with Crippen LogP contribution in [0.4, 0.5) is 0 Å². The number of methoxy groups -OCH3 is 1. The first-order valence-corrected chi connectivity index (χ1v) is 6.56. The van der Waals surface area contributed by atoms with Gasteiger partial charge in [-0.2, -0.15) is 0 Å². The molecule has 1 N–H and O–H groups in total. The van der Waals surface area contributed by atoms with Crippen molar-refractivity contribution < 1.29 is 14.6 Å². The molecule has 0 radical (unpaired) electrons. The van der Waals surface area contributed by atoms with Crippen molar-refractivity contribution in [1.29, 1.82) is 0 Å². The quantitative estimate of drug-likeness (QED) is 0.870. The number of carbonyl (C=O) groups is 1. The number of benzene rings is 1. The minimum Gasteiger partial charge on any atom is -0.497 e. The molecule has 1 aromatic rings. The van der Waals surface area contributed by atoms with Crippen LogP contribution in [0, 0.1) is 0 Å². The van der Waals surface area contributed by atoms with Crippen LogP contribution in [-0.2, 0) is 11.2 Å². The summed E-state index contributed by atoms with van der Waals surface area (Å²) < 4.78 is 5.23. The van der Waals surface area contributed by atoms with Crippen molar-refractivity contribution in [2.45, 2.75) is 38.0 Å². The number of ketones is 1. The number of aliphatic hydroxyl groups is 1. The molecule has 1 unspecified atom stereocenters. The summed E-state index contributed by atoms with van der Waals surface area (Å²) in [5.41, 5.74) is 2.27. The first kappa shape index (κ1) is 13.1. The fraction of sp³-hybridized carbons (Fsp3) is 0.533. The maximum absolute atomic E-state index is 11.9. The molecule has 98 valence electrons. The van der Waals surface area contributed by atoms with Crippen LogP contribution in [0.25, 0.3) is 0 Å². The number of aryl methyl sites for hydroxylation is 1. The van der Waals surface area contributed by atoms with Crippen LogP contribution in [0.3, 0.4) is 0 Å². The first-order chi connectivity index (χ1) is 8.76. The van der Waals surface area contributed by atoms with Crippen molar-refractivity contribution in [2.75, 3.05) is 13.7 Å². The van der Waals surface area contributed by atoms with E-state index in [9.17, 15) is 4.79 Å². The molecule has 0 aromatic heterocycles. The molecule has 1 saturated carbocycles. The van der Waals surface area contributed by atoms with Crippen LogP contribution in [0.15, 0.2) is 18.2 Å². The highest BCUT2D eigenvalue weighted by Gasteiger charge is 2.27. The first-order valence-electron chi connectivity index (χ1n) is 6.56. The summed E-state index contributed by atoms with van der Waals surface area (Å²) in [6, 6.07) is 5.93. The lowest BCUT2D eigenvalue weighted by molar-refractivity contribution is -0.118. The third kappa shape index (κ3) is 2.72. The lowest BCUT2D eigenvalue weighted by Crippen LogP contribution is -2.08. The van der Waals surface area contributed by atoms with E-state index in [0.717, 1.165) is 42.6 Å². The van der Waals surface area contributed by atoms with Gasteiger partial charge >= 0.3 is 0 Å². The SMILES string of the molecule is COc1ccc(C2CCCC2=O)c(CCCO)c1. The number of Topliss-reactive ketones (excluding diaryl/α,β-unsaturated/α-hetero) is 1. The predicted molar refractivity (Wildman–Crippen MR) is 70.0 cm³/mol. The molecule has 0 bridgehead atoms. The molecule has 3 nitrogen and oxygen atoms in total. The molecule has 18 heavy (non-hydrogen) atoms. The summed E-state index contributed by atoms with van der Waals surface area (Å²) in [5, 5.41) is 8.96. The van der Waals surface area contributed by atoms with Gasteiger partial charge in [0.2, 0.25) is 0 Å². The minimum absolute atomic E-state index is 0.0598. The highest BCUT2D eigenvalue weighted by atomic mass is 16.5. The van der Waals surface area contributed by atoms with Gasteiger partial charge in [-0.1, -0.05) is 6.07 Å². The molecule has 1 fully saturated rings. The molecule has 1 atom stereocenters. The summed E-state index contributed by atoms with van der Waals surface area (Å²) in [6.07, 6.45) is 4.18. The topological polar surface area (TPSA) is 46.5 Å². The third-order valence-electron chi connectivity index (χ3n) is 3.63. The van der Waals surface area contributed by atoms with Crippen molar-refractivity contribution in [3.8, 4) is 5.75 Å². The Balaban J connectivity index is 2.29. The van der Waals surface area contributed by atoms with Crippen LogP contribution >= 0.6 is 0 Å². The van der Waals surface area contributed by atoms with E-state index in [1.54, 1.807) is 7.11 Å². The van der Waals surface area contributed by atoms with Gasteiger partial charge in [-0.3, -0.25) is 4.79 Å². The van der Waals surface area contributed by atoms with Gasteiger partial charge in [-0.15, -0.1) is 0 Å². The highest BCUT2D eigenvalue weighted by Crippen LogP contribution is 2.35. The zero-order chi connectivity index (χ0) is 13.0. The molecule has 1 aromatic carbocycles. The Morgan fingerprint density at radius 3 is 2.89 bits per heavy atom. The summed E-state index contributed by atoms with van der Waals surface area (Å²) in [5.74, 6) is 1.23. The van der Waals surface area contributed by atoms with Crippen molar-refractivity contribution in [1.82, 2.24) is 0 Å². The van der Waals surface area contributed by atoms with Crippen LogP contribution in [0.1, 0.15) is 42.7 Å². The summed E-state index contributed by atoms with van der Waals surface area (Å²) in [6.45, 7) is 0.176. The average Bonchev–Trinajstić information content (AvgIpc) is 2.82. The average molecular weight is 248 g/mol. The van der Waals surface area contributed by atoms with E-state index in [1.165, 1.54) is 0 Å². The van der Waals surface area contributed by atoms with Gasteiger partial charge < -0.3 is 9.84 Å². The van der Waals surface area contributed by atoms with E-state index in [-0.39, 0.29) is 12.5 Å². The van der Waals surface area contributed by atoms with Gasteiger partial charge in [0, 0.05) is 18.9 Å². The van der Waals surface area contributed by atoms with Crippen molar-refractivity contribution >= 4 is 5.78 Å². The zero-order valence-electron chi connectivity index (χ0n) is 10.8. The molecule has 0 saturated heterocycles. The fourth-order valence-electron chi connectivity index (χ4n) is 2.68. The second kappa shape index (κ2) is 6.01. The van der Waals surface area contributed by atoms with Gasteiger partial charge in [0.1, 0.15) is 11.5 Å². The summed E-state index contributed by atoms with van der Waals surface area (Å²) in [4.78, 5) is 11.9. The number of carbonyl (C=O) groups excluding carboxylic acids is 1. The largest absolute Gasteiger partial charge is 0.497 e. The Kier molecular flexibility index (Phi) is 4.37. The molecular formula is C15H20O3. The van der Waals surface area contributed by atoms with E-state index in [4.69, 9.17) is 9.84 Å². The Morgan fingerprint density at radius 2 is 2.28 bits per heavy atom. The standard InChI is InChI=1S/C15H20O3/c1-18-12-7-8-13(11(10-12)4-3-9-16)14-5-2-6-15(14)17/h7-8,10,14,16H,2-6,9H2,1H3. The van der Waals surface area contributed by atoms with Gasteiger partial charge in [0.05, 0.1) is 7.11 Å². The van der Waals surface area contributed by atoms with E-state index >= 15 is 0 Å². The number of ether oxygens (including phenoxy) is 1. The summed E-state index contributed by atoms with van der Waals surface area (Å²) in [7, 11) is 1.64. The number of hydrogen-bond acceptors (Lipinski definition) is 3. The monoisotopic (exact) mass is 248 g/mol. The van der Waals surface area contributed by atoms with Crippen LogP contribution in [0.5, 0.6) is 5.75 Å². The molecule has 0 amide bonds. The smallest absolute Gasteiger partial charge is 0.140 e. The van der Waals surface area contributed by atoms with Gasteiger partial charge in [0.15, 0.2) is 0 Å². The van der Waals surface area contributed by atoms with E-state index in [2.05, 4.69) is 0 Å². The van der Waals surface area contributed by atoms with Crippen LogP contribution in [-0.4, -0.2) is 24.6 Å². The van der Waals surface area contributed by atoms with Crippen molar-refractivity contribution in [3.05, 3.63) is 29.3 Å². The molecule has 2 rings (SSSR count). The van der Waals surface area contributed by atoms with Gasteiger partial charge in [-0.05, 0) is 48.9 Å². The van der Waals surface area contributed by atoms with Crippen molar-refractivity contribution in [3.63, 3.8) is 0 Å². The maximum atomic E-state index is 11.9. The van der Waals surface area contributed by atoms with Gasteiger partial charge in [-0.25, -0.2) is 0 Å². The normalized spacial score (nSPS) is 19.2. The predicted octanol–water partition coefficient (Wildman–Crippen LogP) is 2.46. The van der Waals surface area contributed by atoms with E-state index in [0.29, 0.717) is 12.2 Å². The fourth-order valence-corrected chi connectivity index (χ4v) is 2.68. The summed E-state index contributed by atoms with van der Waals surface area (Å²) >= 11 is 0. The number of rotatable bonds is 5. The molecule has 0 spiro atoms. The Morgan fingerprint density at radius 1 is 1.44 bits per heavy atom. The second-order valence-electron chi connectivity index (χ2n) is 4.80. The lowest BCUT2D eigenvalue weighted by atomic mass is 9.90. The van der Waals surface area contributed by atoms with Crippen LogP contribution < -0.4 is 4.74 Å². The number of aliphatic hydroxyl groups excluding tert-OH is 1. The minimum atomic E-state index is 0.0598. The highest BCUT2D eigenvalue weighted by molar-refractivity contribution is 5.88.